The van der Waals surface area contributed by atoms with Crippen LogP contribution in [0.4, 0.5) is 0 Å². The molecule has 0 bridgehead atoms. The van der Waals surface area contributed by atoms with Crippen LogP contribution >= 0.6 is 34.9 Å². The van der Waals surface area contributed by atoms with Gasteiger partial charge in [-0.05, 0) is 70.9 Å². The molecule has 7 nitrogen and oxygen atoms in total. The molecular formula is C16H11N5O2S3. The van der Waals surface area contributed by atoms with E-state index in [-0.39, 0.29) is 5.56 Å². The van der Waals surface area contributed by atoms with Gasteiger partial charge in [-0.15, -0.1) is 28.2 Å². The Labute approximate surface area is 160 Å². The van der Waals surface area contributed by atoms with Crippen LogP contribution in [0.3, 0.4) is 0 Å². The minimum absolute atomic E-state index is 0.247. The molecule has 0 amide bonds. The highest BCUT2D eigenvalue weighted by atomic mass is 32.2. The fourth-order valence-corrected chi connectivity index (χ4v) is 4.70. The maximum Gasteiger partial charge on any atom is 0.335 e. The molecule has 4 rings (SSSR count). The van der Waals surface area contributed by atoms with Crippen LogP contribution < -0.4 is 0 Å². The molecule has 0 aliphatic rings. The van der Waals surface area contributed by atoms with E-state index in [0.29, 0.717) is 5.16 Å². The number of carboxylic acid groups (broad SMARTS) is 1. The number of aromatic carboxylic acids is 1. The Balaban J connectivity index is 1.64. The van der Waals surface area contributed by atoms with Gasteiger partial charge in [-0.25, -0.2) is 9.78 Å². The van der Waals surface area contributed by atoms with Gasteiger partial charge in [0.1, 0.15) is 0 Å². The Morgan fingerprint density at radius 1 is 1.19 bits per heavy atom. The quantitative estimate of drug-likeness (QED) is 0.504. The Morgan fingerprint density at radius 3 is 2.73 bits per heavy atom. The third kappa shape index (κ3) is 3.30. The van der Waals surface area contributed by atoms with Gasteiger partial charge >= 0.3 is 5.97 Å². The molecule has 130 valence electrons. The predicted octanol–water partition coefficient (Wildman–Crippen LogP) is 3.84. The van der Waals surface area contributed by atoms with Crippen LogP contribution in [0.15, 0.2) is 56.9 Å². The highest BCUT2D eigenvalue weighted by Gasteiger charge is 2.14. The smallest absolute Gasteiger partial charge is 0.335 e. The fraction of sp³-hybridized carbons (Fsp3) is 0.0625. The number of carbonyl (C=O) groups is 1. The molecule has 2 aromatic heterocycles. The molecule has 0 unspecified atom stereocenters. The van der Waals surface area contributed by atoms with E-state index in [2.05, 4.69) is 20.5 Å². The standard InChI is InChI=1S/C16H11N5O2S3/c1-24-11-5-3-10(4-6-11)21-15(18-19-20-21)26-16-17-12-7-2-9(14(22)23)8-13(12)25-16/h2-8H,1H3,(H,22,23). The summed E-state index contributed by atoms with van der Waals surface area (Å²) in [6.07, 6.45) is 2.02. The zero-order chi connectivity index (χ0) is 18.1. The van der Waals surface area contributed by atoms with Crippen LogP contribution in [0.2, 0.25) is 0 Å². The van der Waals surface area contributed by atoms with E-state index < -0.39 is 5.97 Å². The maximum absolute atomic E-state index is 11.1. The van der Waals surface area contributed by atoms with Gasteiger partial charge in [0, 0.05) is 4.90 Å². The first kappa shape index (κ1) is 17.0. The molecule has 10 heteroatoms. The number of hydrogen-bond donors (Lipinski definition) is 1. The van der Waals surface area contributed by atoms with Gasteiger partial charge in [0.15, 0.2) is 4.34 Å². The number of benzene rings is 2. The Morgan fingerprint density at radius 2 is 2.00 bits per heavy atom. The highest BCUT2D eigenvalue weighted by molar-refractivity contribution is 8.01. The summed E-state index contributed by atoms with van der Waals surface area (Å²) in [6, 6.07) is 12.8. The molecule has 0 saturated heterocycles. The first-order chi connectivity index (χ1) is 12.6. The van der Waals surface area contributed by atoms with Crippen molar-refractivity contribution < 1.29 is 9.90 Å². The van der Waals surface area contributed by atoms with Crippen molar-refractivity contribution in [1.29, 1.82) is 0 Å². The molecule has 0 radical (unpaired) electrons. The van der Waals surface area contributed by atoms with E-state index >= 15 is 0 Å². The largest absolute Gasteiger partial charge is 0.478 e. The molecule has 0 spiro atoms. The van der Waals surface area contributed by atoms with Gasteiger partial charge in [-0.1, -0.05) is 0 Å². The monoisotopic (exact) mass is 401 g/mol. The summed E-state index contributed by atoms with van der Waals surface area (Å²) in [5.41, 5.74) is 1.87. The molecule has 0 aliphatic heterocycles. The van der Waals surface area contributed by atoms with Gasteiger partial charge in [0.25, 0.3) is 0 Å². The van der Waals surface area contributed by atoms with Crippen LogP contribution in [0.5, 0.6) is 0 Å². The molecule has 0 aliphatic carbocycles. The molecule has 26 heavy (non-hydrogen) atoms. The molecule has 2 heterocycles. The summed E-state index contributed by atoms with van der Waals surface area (Å²) in [4.78, 5) is 16.8. The minimum Gasteiger partial charge on any atom is -0.478 e. The second-order valence-corrected chi connectivity index (χ2v) is 8.27. The first-order valence-electron chi connectivity index (χ1n) is 7.38. The third-order valence-corrected chi connectivity index (χ3v) is 6.31. The summed E-state index contributed by atoms with van der Waals surface area (Å²) < 4.78 is 3.22. The number of thioether (sulfide) groups is 1. The van der Waals surface area contributed by atoms with E-state index in [9.17, 15) is 4.79 Å². The number of carboxylic acids is 1. The number of hydrogen-bond acceptors (Lipinski definition) is 8. The number of aromatic nitrogens is 5. The predicted molar refractivity (Wildman–Crippen MR) is 102 cm³/mol. The van der Waals surface area contributed by atoms with Gasteiger partial charge in [0.05, 0.1) is 21.5 Å². The zero-order valence-corrected chi connectivity index (χ0v) is 15.8. The molecule has 0 saturated carbocycles. The van der Waals surface area contributed by atoms with E-state index in [0.717, 1.165) is 25.1 Å². The van der Waals surface area contributed by atoms with Crippen LogP contribution in [0.1, 0.15) is 10.4 Å². The summed E-state index contributed by atoms with van der Waals surface area (Å²) in [5, 5.41) is 21.6. The van der Waals surface area contributed by atoms with Crippen molar-refractivity contribution in [3.8, 4) is 5.69 Å². The summed E-state index contributed by atoms with van der Waals surface area (Å²) in [7, 11) is 0. The van der Waals surface area contributed by atoms with Gasteiger partial charge in [-0.2, -0.15) is 4.68 Å². The second kappa shape index (κ2) is 7.06. The summed E-state index contributed by atoms with van der Waals surface area (Å²) in [6.45, 7) is 0. The highest BCUT2D eigenvalue weighted by Crippen LogP contribution is 2.34. The van der Waals surface area contributed by atoms with Crippen LogP contribution in [0.25, 0.3) is 15.9 Å². The zero-order valence-electron chi connectivity index (χ0n) is 13.4. The van der Waals surface area contributed by atoms with Crippen molar-refractivity contribution in [2.24, 2.45) is 0 Å². The number of fused-ring (bicyclic) bond motifs is 1. The SMILES string of the molecule is CSc1ccc(-n2nnnc2Sc2nc3ccc(C(=O)O)cc3s2)cc1. The van der Waals surface area contributed by atoms with E-state index in [1.165, 1.54) is 23.1 Å². The molecule has 0 atom stereocenters. The Bertz CT molecular complexity index is 1090. The van der Waals surface area contributed by atoms with Crippen LogP contribution in [0, 0.1) is 0 Å². The number of rotatable bonds is 5. The average Bonchev–Trinajstić information content (AvgIpc) is 3.27. The third-order valence-electron chi connectivity index (χ3n) is 3.55. The second-order valence-electron chi connectivity index (χ2n) is 5.14. The van der Waals surface area contributed by atoms with Crippen molar-refractivity contribution in [2.75, 3.05) is 6.26 Å². The lowest BCUT2D eigenvalue weighted by Gasteiger charge is -2.03. The van der Waals surface area contributed by atoms with Gasteiger partial charge in [-0.3, -0.25) is 0 Å². The molecular weight excluding hydrogens is 390 g/mol. The lowest BCUT2D eigenvalue weighted by atomic mass is 10.2. The van der Waals surface area contributed by atoms with Crippen molar-refractivity contribution in [1.82, 2.24) is 25.2 Å². The molecule has 2 aromatic carbocycles. The normalized spacial score (nSPS) is 11.1. The topological polar surface area (TPSA) is 93.8 Å². The molecule has 0 fully saturated rings. The van der Waals surface area contributed by atoms with Crippen molar-refractivity contribution in [2.45, 2.75) is 14.4 Å². The first-order valence-corrected chi connectivity index (χ1v) is 10.2. The minimum atomic E-state index is -0.952. The maximum atomic E-state index is 11.1. The van der Waals surface area contributed by atoms with Crippen molar-refractivity contribution >= 4 is 51.0 Å². The lowest BCUT2D eigenvalue weighted by Crippen LogP contribution is -1.98. The number of thiazole rings is 1. The van der Waals surface area contributed by atoms with E-state index in [4.69, 9.17) is 5.11 Å². The fourth-order valence-electron chi connectivity index (χ4n) is 2.29. The number of nitrogens with zero attached hydrogens (tertiary/aromatic N) is 5. The van der Waals surface area contributed by atoms with Gasteiger partial charge in [0.2, 0.25) is 5.16 Å². The van der Waals surface area contributed by atoms with Crippen molar-refractivity contribution in [3.05, 3.63) is 48.0 Å². The lowest BCUT2D eigenvalue weighted by molar-refractivity contribution is 0.0697. The van der Waals surface area contributed by atoms with E-state index in [1.807, 2.05) is 30.5 Å². The summed E-state index contributed by atoms with van der Waals surface area (Å²) in [5.74, 6) is -0.952. The average molecular weight is 401 g/mol. The van der Waals surface area contributed by atoms with Crippen LogP contribution in [-0.2, 0) is 0 Å². The van der Waals surface area contributed by atoms with Crippen LogP contribution in [-0.4, -0.2) is 42.5 Å². The number of tetrazole rings is 1. The molecule has 1 N–H and O–H groups in total. The summed E-state index contributed by atoms with van der Waals surface area (Å²) >= 11 is 4.43. The Hall–Kier alpha value is -2.43. The van der Waals surface area contributed by atoms with Gasteiger partial charge < -0.3 is 5.11 Å². The Kier molecular flexibility index (Phi) is 4.62. The molecule has 4 aromatic rings. The van der Waals surface area contributed by atoms with Crippen molar-refractivity contribution in [3.63, 3.8) is 0 Å². The van der Waals surface area contributed by atoms with E-state index in [1.54, 1.807) is 34.6 Å².